The molecular formula is C21H13F9N2O9S3. The van der Waals surface area contributed by atoms with Crippen molar-refractivity contribution in [3.05, 3.63) is 73.1 Å². The molecule has 11 nitrogen and oxygen atoms in total. The van der Waals surface area contributed by atoms with Crippen LogP contribution in [0.1, 0.15) is 0 Å². The molecule has 0 radical (unpaired) electrons. The molecule has 0 aliphatic rings. The van der Waals surface area contributed by atoms with Crippen molar-refractivity contribution in [2.24, 2.45) is 0 Å². The van der Waals surface area contributed by atoms with Crippen molar-refractivity contribution >= 4 is 52.2 Å². The van der Waals surface area contributed by atoms with Gasteiger partial charge < -0.3 is 9.29 Å². The van der Waals surface area contributed by atoms with E-state index in [9.17, 15) is 69.9 Å². The molecule has 0 aliphatic carbocycles. The van der Waals surface area contributed by atoms with Crippen molar-refractivity contribution < 1.29 is 77.7 Å². The number of benzene rings is 2. The van der Waals surface area contributed by atoms with E-state index < -0.39 is 52.6 Å². The first kappa shape index (κ1) is 36.2. The monoisotopic (exact) mass is 704 g/mol. The van der Waals surface area contributed by atoms with Gasteiger partial charge in [-0.15, -0.1) is 3.63 Å². The van der Waals surface area contributed by atoms with Crippen LogP contribution in [0.5, 0.6) is 11.5 Å². The highest BCUT2D eigenvalue weighted by atomic mass is 32.3. The van der Waals surface area contributed by atoms with E-state index in [0.717, 1.165) is 17.0 Å². The third-order valence-corrected chi connectivity index (χ3v) is 7.99. The number of phenolic OH excluding ortho intramolecular Hbond substituents is 1. The topological polar surface area (TPSA) is 167 Å². The van der Waals surface area contributed by atoms with Crippen LogP contribution in [0.3, 0.4) is 0 Å². The highest BCUT2D eigenvalue weighted by Crippen LogP contribution is 2.33. The van der Waals surface area contributed by atoms with Crippen molar-refractivity contribution in [2.75, 3.05) is 0 Å². The van der Waals surface area contributed by atoms with Crippen LogP contribution < -0.4 is 4.18 Å². The number of hydrogen-bond acceptors (Lipinski definition) is 11. The predicted octanol–water partition coefficient (Wildman–Crippen LogP) is 5.11. The maximum absolute atomic E-state index is 12.2. The van der Waals surface area contributed by atoms with Gasteiger partial charge in [0.2, 0.25) is 0 Å². The lowest BCUT2D eigenvalue weighted by atomic mass is 10.2. The molecule has 4 aromatic rings. The second-order valence-electron chi connectivity index (χ2n) is 7.52. The molecule has 0 fully saturated rings. The van der Waals surface area contributed by atoms with E-state index in [1.54, 1.807) is 18.3 Å². The summed E-state index contributed by atoms with van der Waals surface area (Å²) in [4.78, 5) is 7.96. The summed E-state index contributed by atoms with van der Waals surface area (Å²) in [6.07, 6.45) is 3.14. The molecule has 0 saturated carbocycles. The molecule has 0 atom stereocenters. The molecule has 23 heteroatoms. The fraction of sp³-hybridized carbons (Fsp3) is 0.143. The second kappa shape index (κ2) is 13.0. The summed E-state index contributed by atoms with van der Waals surface area (Å²) in [5.41, 5.74) is -16.8. The zero-order chi connectivity index (χ0) is 33.8. The predicted molar refractivity (Wildman–Crippen MR) is 132 cm³/mol. The first-order chi connectivity index (χ1) is 19.9. The van der Waals surface area contributed by atoms with Crippen LogP contribution >= 0.6 is 0 Å². The van der Waals surface area contributed by atoms with Crippen LogP contribution in [0, 0.1) is 0 Å². The summed E-state index contributed by atoms with van der Waals surface area (Å²) in [6.45, 7) is 0. The van der Waals surface area contributed by atoms with Crippen LogP contribution in [0.25, 0.3) is 21.8 Å². The summed E-state index contributed by atoms with van der Waals surface area (Å²) in [5, 5.41) is 10.3. The molecule has 0 unspecified atom stereocenters. The molecule has 0 spiro atoms. The Morgan fingerprint density at radius 1 is 0.545 bits per heavy atom. The van der Waals surface area contributed by atoms with E-state index in [2.05, 4.69) is 14.2 Å². The number of aromatic hydroxyl groups is 1. The maximum Gasteiger partial charge on any atom is 0.534 e. The third-order valence-electron chi connectivity index (χ3n) is 4.46. The minimum Gasteiger partial charge on any atom is -0.507 e. The molecule has 2 heterocycles. The quantitative estimate of drug-likeness (QED) is 0.170. The number of pyridine rings is 2. The van der Waals surface area contributed by atoms with E-state index >= 15 is 0 Å². The smallest absolute Gasteiger partial charge is 0.507 e. The van der Waals surface area contributed by atoms with E-state index in [1.807, 2.05) is 21.8 Å². The number of aromatic nitrogens is 2. The first-order valence-electron chi connectivity index (χ1n) is 10.6. The Morgan fingerprint density at radius 2 is 0.955 bits per heavy atom. The van der Waals surface area contributed by atoms with Crippen molar-refractivity contribution in [3.63, 3.8) is 0 Å². The number of phenols is 1. The molecule has 1 N–H and O–H groups in total. The molecule has 0 saturated heterocycles. The minimum atomic E-state index is -6.85. The average Bonchev–Trinajstić information content (AvgIpc) is 2.87. The van der Waals surface area contributed by atoms with E-state index in [4.69, 9.17) is 0 Å². The lowest BCUT2D eigenvalue weighted by molar-refractivity contribution is -0.0586. The van der Waals surface area contributed by atoms with Crippen molar-refractivity contribution in [1.29, 1.82) is 0 Å². The molecule has 2 aromatic heterocycles. The Balaban J connectivity index is 0.000000237. The Bertz CT molecular complexity index is 1890. The summed E-state index contributed by atoms with van der Waals surface area (Å²) in [5.74, 6) is -0.117. The van der Waals surface area contributed by atoms with Crippen LogP contribution in [-0.2, 0) is 34.0 Å². The Kier molecular flexibility index (Phi) is 10.7. The van der Waals surface area contributed by atoms with Gasteiger partial charge in [0.15, 0.2) is 5.75 Å². The number of halogens is 9. The summed E-state index contributed by atoms with van der Waals surface area (Å²) in [7, 11) is -19.4. The lowest BCUT2D eigenvalue weighted by Gasteiger charge is -2.10. The number of rotatable bonds is 4. The highest BCUT2D eigenvalue weighted by molar-refractivity contribution is 8.00. The number of nitrogens with zero attached hydrogens (tertiary/aromatic N) is 2. The lowest BCUT2D eigenvalue weighted by Crippen LogP contribution is -2.34. The summed E-state index contributed by atoms with van der Waals surface area (Å²) in [6, 6.07) is 15.9. The van der Waals surface area contributed by atoms with E-state index in [-0.39, 0.29) is 11.1 Å². The standard InChI is InChI=1S/C10H6F3NO3S.C9H7NO.C2F6O5S2/c11-10(12,13)18(15,16)17-9-5-1-4-8-7(9)3-2-6-14-8;11-9-5-1-4-8-7(9)3-2-6-10-8;3-1(4,5)14(9,10)13-15(11,12)2(6,7)8/h1-6H;1-6,11H;. The van der Waals surface area contributed by atoms with Gasteiger partial charge in [-0.25, -0.2) is 0 Å². The summed E-state index contributed by atoms with van der Waals surface area (Å²) < 4.78 is 172. The van der Waals surface area contributed by atoms with Crippen LogP contribution in [0.4, 0.5) is 39.5 Å². The summed E-state index contributed by atoms with van der Waals surface area (Å²) >= 11 is 0. The zero-order valence-electron chi connectivity index (χ0n) is 20.7. The maximum atomic E-state index is 12.2. The third kappa shape index (κ3) is 9.03. The van der Waals surface area contributed by atoms with Gasteiger partial charge in [-0.2, -0.15) is 64.8 Å². The van der Waals surface area contributed by atoms with Crippen molar-refractivity contribution in [1.82, 2.24) is 9.97 Å². The van der Waals surface area contributed by atoms with Crippen LogP contribution in [0.15, 0.2) is 73.1 Å². The van der Waals surface area contributed by atoms with Gasteiger partial charge in [0.05, 0.1) is 11.0 Å². The Morgan fingerprint density at radius 3 is 1.39 bits per heavy atom. The van der Waals surface area contributed by atoms with Gasteiger partial charge in [0.1, 0.15) is 5.75 Å². The Labute approximate surface area is 240 Å². The average molecular weight is 705 g/mol. The van der Waals surface area contributed by atoms with Crippen LogP contribution in [-0.4, -0.2) is 56.9 Å². The van der Waals surface area contributed by atoms with E-state index in [1.165, 1.54) is 30.5 Å². The highest BCUT2D eigenvalue weighted by Gasteiger charge is 2.57. The van der Waals surface area contributed by atoms with Gasteiger partial charge in [0, 0.05) is 23.2 Å². The van der Waals surface area contributed by atoms with Gasteiger partial charge in [0.25, 0.3) is 0 Å². The number of fused-ring (bicyclic) bond motifs is 2. The molecule has 0 aliphatic heterocycles. The molecule has 242 valence electrons. The zero-order valence-corrected chi connectivity index (χ0v) is 23.1. The van der Waals surface area contributed by atoms with Gasteiger partial charge in [-0.3, -0.25) is 9.97 Å². The van der Waals surface area contributed by atoms with Crippen molar-refractivity contribution in [3.8, 4) is 11.5 Å². The molecule has 4 rings (SSSR count). The number of alkyl halides is 9. The normalized spacial score (nSPS) is 12.9. The second-order valence-corrected chi connectivity index (χ2v) is 12.3. The van der Waals surface area contributed by atoms with Gasteiger partial charge in [-0.05, 0) is 48.5 Å². The molecule has 0 amide bonds. The van der Waals surface area contributed by atoms with Gasteiger partial charge >= 0.3 is 46.9 Å². The number of hydrogen-bond donors (Lipinski definition) is 1. The fourth-order valence-corrected chi connectivity index (χ4v) is 4.63. The van der Waals surface area contributed by atoms with Gasteiger partial charge in [-0.1, -0.05) is 12.1 Å². The largest absolute Gasteiger partial charge is 0.534 e. The van der Waals surface area contributed by atoms with Crippen LogP contribution in [0.2, 0.25) is 0 Å². The SMILES string of the molecule is O=S(=O)(OS(=O)(=O)C(F)(F)F)C(F)(F)F.O=S(=O)(Oc1cccc2ncccc12)C(F)(F)F.Oc1cccc2ncccc12. The Hall–Kier alpha value is -3.96. The minimum absolute atomic E-state index is 0.188. The van der Waals surface area contributed by atoms with Crippen molar-refractivity contribution in [2.45, 2.75) is 16.5 Å². The van der Waals surface area contributed by atoms with E-state index in [0.29, 0.717) is 5.52 Å². The first-order valence-corrected chi connectivity index (χ1v) is 14.8. The molecule has 44 heavy (non-hydrogen) atoms. The molecular weight excluding hydrogens is 691 g/mol. The molecule has 2 aromatic carbocycles. The molecule has 0 bridgehead atoms. The fourth-order valence-electron chi connectivity index (χ4n) is 2.60.